The molecule has 2 aliphatic carbocycles. The largest absolute Gasteiger partial charge is 0.455 e. The summed E-state index contributed by atoms with van der Waals surface area (Å²) in [4.78, 5) is 25.3. The Morgan fingerprint density at radius 2 is 0.868 bits per heavy atom. The summed E-state index contributed by atoms with van der Waals surface area (Å²) in [6, 6.07) is 76.1. The molecule has 2 aliphatic rings. The number of furan rings is 1. The van der Waals surface area contributed by atoms with Crippen molar-refractivity contribution in [1.29, 1.82) is 0 Å². The molecule has 1 atom stereocenters. The SMILES string of the molecule is c1ccc(-c2nc(-c3ccccc3)nc(-c3cccc4c3oc3c5c(ccc34)C3(c4ccccc4-c4cc(-[n+]6cnc(-c7ccccc7)nc6-c6ccccc6)ccc43)c3ccccc3-5)n2)cc1. The van der Waals surface area contributed by atoms with Crippen LogP contribution in [0, 0.1) is 0 Å². The number of rotatable bonds is 6. The molecule has 0 amide bonds. The minimum atomic E-state index is -0.601. The van der Waals surface area contributed by atoms with Crippen molar-refractivity contribution >= 4 is 21.9 Å². The number of nitrogens with zero attached hydrogens (tertiary/aromatic N) is 6. The fourth-order valence-electron chi connectivity index (χ4n) is 10.8. The first-order valence-corrected chi connectivity index (χ1v) is 22.8. The first kappa shape index (κ1) is 38.1. The van der Waals surface area contributed by atoms with Crippen LogP contribution < -0.4 is 4.57 Å². The van der Waals surface area contributed by atoms with Crippen LogP contribution in [0.4, 0.5) is 0 Å². The Morgan fingerprint density at radius 3 is 1.54 bits per heavy atom. The van der Waals surface area contributed by atoms with E-state index < -0.39 is 5.41 Å². The van der Waals surface area contributed by atoms with E-state index in [9.17, 15) is 0 Å². The Morgan fingerprint density at radius 1 is 0.353 bits per heavy atom. The summed E-state index contributed by atoms with van der Waals surface area (Å²) in [6.45, 7) is 0. The minimum Gasteiger partial charge on any atom is -0.455 e. The maximum Gasteiger partial charge on any atom is 0.307 e. The highest BCUT2D eigenvalue weighted by Gasteiger charge is 2.52. The van der Waals surface area contributed by atoms with Crippen LogP contribution in [0.5, 0.6) is 0 Å². The van der Waals surface area contributed by atoms with Crippen LogP contribution >= 0.6 is 0 Å². The topological polar surface area (TPSA) is 81.5 Å². The molecule has 0 bridgehead atoms. The monoisotopic (exact) mass is 869 g/mol. The van der Waals surface area contributed by atoms with Gasteiger partial charge in [-0.05, 0) is 81.4 Å². The molecular formula is C61H37N6O+. The molecule has 7 nitrogen and oxygen atoms in total. The quantitative estimate of drug-likeness (QED) is 0.155. The van der Waals surface area contributed by atoms with E-state index in [1.54, 1.807) is 0 Å². The van der Waals surface area contributed by atoms with Gasteiger partial charge in [-0.2, -0.15) is 4.57 Å². The normalized spacial score (nSPS) is 14.2. The Balaban J connectivity index is 0.972. The average molecular weight is 870 g/mol. The van der Waals surface area contributed by atoms with Crippen molar-refractivity contribution in [3.63, 3.8) is 0 Å². The highest BCUT2D eigenvalue weighted by molar-refractivity contribution is 6.15. The van der Waals surface area contributed by atoms with E-state index >= 15 is 0 Å². The molecule has 0 N–H and O–H groups in total. The average Bonchev–Trinajstić information content (AvgIpc) is 4.06. The molecule has 316 valence electrons. The Labute approximate surface area is 391 Å². The number of para-hydroxylation sites is 1. The summed E-state index contributed by atoms with van der Waals surface area (Å²) in [6.07, 6.45) is 1.91. The molecule has 1 unspecified atom stereocenters. The van der Waals surface area contributed by atoms with Crippen molar-refractivity contribution in [2.45, 2.75) is 5.41 Å². The Kier molecular flexibility index (Phi) is 8.36. The van der Waals surface area contributed by atoms with Gasteiger partial charge in [0.15, 0.2) is 17.5 Å². The van der Waals surface area contributed by atoms with Gasteiger partial charge in [-0.25, -0.2) is 15.0 Å². The molecule has 0 fully saturated rings. The molecule has 68 heavy (non-hydrogen) atoms. The summed E-state index contributed by atoms with van der Waals surface area (Å²) < 4.78 is 9.37. The van der Waals surface area contributed by atoms with Gasteiger partial charge in [-0.1, -0.05) is 186 Å². The van der Waals surface area contributed by atoms with E-state index in [2.05, 4.69) is 126 Å². The number of hydrogen-bond donors (Lipinski definition) is 0. The highest BCUT2D eigenvalue weighted by Crippen LogP contribution is 2.64. The smallest absolute Gasteiger partial charge is 0.307 e. The lowest BCUT2D eigenvalue weighted by atomic mass is 9.70. The van der Waals surface area contributed by atoms with Crippen molar-refractivity contribution in [3.8, 4) is 84.9 Å². The van der Waals surface area contributed by atoms with E-state index in [4.69, 9.17) is 29.3 Å². The lowest BCUT2D eigenvalue weighted by Crippen LogP contribution is -2.35. The lowest BCUT2D eigenvalue weighted by Gasteiger charge is -2.30. The molecule has 0 aliphatic heterocycles. The second kappa shape index (κ2) is 14.9. The zero-order chi connectivity index (χ0) is 44.8. The molecule has 3 aromatic heterocycles. The van der Waals surface area contributed by atoms with Gasteiger partial charge in [0, 0.05) is 27.5 Å². The van der Waals surface area contributed by atoms with Crippen LogP contribution in [0.25, 0.3) is 107 Å². The van der Waals surface area contributed by atoms with E-state index in [0.29, 0.717) is 23.3 Å². The van der Waals surface area contributed by atoms with Crippen LogP contribution in [0.2, 0.25) is 0 Å². The first-order valence-electron chi connectivity index (χ1n) is 22.8. The third kappa shape index (κ3) is 5.59. The standard InChI is InChI=1S/C61H37N6O/c1-5-18-38(19-6-1)56-62-37-67(60(66-56)41-24-11-4-12-25-41)42-32-34-51-48(36-42)43-26-13-15-30-49(43)61(51)50-31-16-14-27-46(50)53-52(61)35-33-45-44-28-17-29-47(54(44)68-55(45)53)59-64-57(39-20-7-2-8-21-39)63-58(65-59)40-22-9-3-10-23-40/h1-37H/q+1. The number of hydrogen-bond acceptors (Lipinski definition) is 6. The van der Waals surface area contributed by atoms with Crippen LogP contribution in [0.3, 0.4) is 0 Å². The molecule has 3 heterocycles. The van der Waals surface area contributed by atoms with Crippen molar-refractivity contribution in [2.75, 3.05) is 0 Å². The fraction of sp³-hybridized carbons (Fsp3) is 0.0164. The van der Waals surface area contributed by atoms with Crippen LogP contribution in [-0.4, -0.2) is 24.9 Å². The predicted octanol–water partition coefficient (Wildman–Crippen LogP) is 13.5. The zero-order valence-electron chi connectivity index (χ0n) is 36.5. The van der Waals surface area contributed by atoms with Crippen LogP contribution in [-0.2, 0) is 5.41 Å². The Bertz CT molecular complexity index is 3910. The van der Waals surface area contributed by atoms with Crippen LogP contribution in [0.15, 0.2) is 229 Å². The van der Waals surface area contributed by atoms with Gasteiger partial charge in [-0.15, -0.1) is 0 Å². The van der Waals surface area contributed by atoms with Crippen LogP contribution in [0.1, 0.15) is 22.3 Å². The molecular weight excluding hydrogens is 833 g/mol. The third-order valence-electron chi connectivity index (χ3n) is 13.7. The summed E-state index contributed by atoms with van der Waals surface area (Å²) >= 11 is 0. The van der Waals surface area contributed by atoms with Gasteiger partial charge in [0.25, 0.3) is 5.82 Å². The van der Waals surface area contributed by atoms with Crippen molar-refractivity contribution < 1.29 is 8.98 Å². The van der Waals surface area contributed by atoms with E-state index in [1.807, 2.05) is 103 Å². The summed E-state index contributed by atoms with van der Waals surface area (Å²) in [5.41, 5.74) is 16.1. The fourth-order valence-corrected chi connectivity index (χ4v) is 10.8. The van der Waals surface area contributed by atoms with Gasteiger partial charge >= 0.3 is 5.82 Å². The van der Waals surface area contributed by atoms with Gasteiger partial charge in [0.05, 0.1) is 22.1 Å². The molecule has 9 aromatic carbocycles. The second-order valence-electron chi connectivity index (χ2n) is 17.4. The maximum absolute atomic E-state index is 7.26. The van der Waals surface area contributed by atoms with Crippen molar-refractivity contribution in [1.82, 2.24) is 24.9 Å². The van der Waals surface area contributed by atoms with Crippen molar-refractivity contribution in [2.24, 2.45) is 0 Å². The van der Waals surface area contributed by atoms with Crippen molar-refractivity contribution in [3.05, 3.63) is 247 Å². The molecule has 1 spiro atoms. The molecule has 0 saturated carbocycles. The number of fused-ring (bicyclic) bond motifs is 14. The van der Waals surface area contributed by atoms with Gasteiger partial charge in [-0.3, -0.25) is 0 Å². The zero-order valence-corrected chi connectivity index (χ0v) is 36.5. The summed E-state index contributed by atoms with van der Waals surface area (Å²) in [5, 5.41) is 2.05. The lowest BCUT2D eigenvalue weighted by molar-refractivity contribution is -0.590. The summed E-state index contributed by atoms with van der Waals surface area (Å²) in [5.74, 6) is 3.25. The van der Waals surface area contributed by atoms with Gasteiger partial charge in [0.1, 0.15) is 16.9 Å². The minimum absolute atomic E-state index is 0.554. The van der Waals surface area contributed by atoms with E-state index in [-0.39, 0.29) is 0 Å². The predicted molar refractivity (Wildman–Crippen MR) is 268 cm³/mol. The van der Waals surface area contributed by atoms with Gasteiger partial charge in [0.2, 0.25) is 6.33 Å². The molecule has 0 radical (unpaired) electrons. The molecule has 7 heteroatoms. The number of aromatic nitrogens is 6. The van der Waals surface area contributed by atoms with E-state index in [0.717, 1.165) is 72.4 Å². The van der Waals surface area contributed by atoms with Gasteiger partial charge < -0.3 is 4.42 Å². The summed E-state index contributed by atoms with van der Waals surface area (Å²) in [7, 11) is 0. The number of benzene rings is 9. The first-order chi connectivity index (χ1) is 33.7. The highest BCUT2D eigenvalue weighted by atomic mass is 16.3. The van der Waals surface area contributed by atoms with E-state index in [1.165, 1.54) is 33.4 Å². The Hall–Kier alpha value is -9.20. The molecule has 14 rings (SSSR count). The third-order valence-corrected chi connectivity index (χ3v) is 13.7. The second-order valence-corrected chi connectivity index (χ2v) is 17.4. The maximum atomic E-state index is 7.26. The molecule has 0 saturated heterocycles. The molecule has 12 aromatic rings.